The third-order valence-corrected chi connectivity index (χ3v) is 5.58. The number of hydrogen-bond donors (Lipinski definition) is 3. The number of amides is 2. The monoisotopic (exact) mass is 435 g/mol. The van der Waals surface area contributed by atoms with E-state index < -0.39 is 28.7 Å². The standard InChI is InChI=1S/C16H16F3N3O4S2/c17-16(18,19)10-21-28(25,26)12-5-3-11(4-6-12)22-14(23)7-8-20-15(24)13-2-1-9-27-13/h1-6,9,21H,7-8,10H2,(H,20,24)(H,22,23). The highest BCUT2D eigenvalue weighted by Crippen LogP contribution is 2.17. The van der Waals surface area contributed by atoms with Crippen molar-refractivity contribution in [1.29, 1.82) is 0 Å². The molecule has 1 heterocycles. The van der Waals surface area contributed by atoms with Gasteiger partial charge in [0.05, 0.1) is 9.77 Å². The summed E-state index contributed by atoms with van der Waals surface area (Å²) >= 11 is 1.27. The Labute approximate surface area is 163 Å². The molecule has 152 valence electrons. The fourth-order valence-corrected chi connectivity index (χ4v) is 3.64. The predicted molar refractivity (Wildman–Crippen MR) is 97.6 cm³/mol. The lowest BCUT2D eigenvalue weighted by molar-refractivity contribution is -0.121. The molecule has 1 aromatic heterocycles. The van der Waals surface area contributed by atoms with Gasteiger partial charge in [0.1, 0.15) is 6.54 Å². The number of rotatable bonds is 8. The van der Waals surface area contributed by atoms with E-state index in [1.807, 2.05) is 0 Å². The van der Waals surface area contributed by atoms with Crippen LogP contribution in [0.1, 0.15) is 16.1 Å². The van der Waals surface area contributed by atoms with Crippen LogP contribution in [-0.4, -0.2) is 39.5 Å². The summed E-state index contributed by atoms with van der Waals surface area (Å²) < 4.78 is 61.4. The Hall–Kier alpha value is -2.44. The number of carbonyl (C=O) groups is 2. The van der Waals surface area contributed by atoms with Crippen LogP contribution in [0.2, 0.25) is 0 Å². The first-order valence-electron chi connectivity index (χ1n) is 7.85. The van der Waals surface area contributed by atoms with Crippen molar-refractivity contribution in [2.75, 3.05) is 18.4 Å². The van der Waals surface area contributed by atoms with Crippen molar-refractivity contribution < 1.29 is 31.2 Å². The van der Waals surface area contributed by atoms with Gasteiger partial charge >= 0.3 is 6.18 Å². The number of hydrogen-bond acceptors (Lipinski definition) is 5. The molecule has 0 bridgehead atoms. The van der Waals surface area contributed by atoms with Gasteiger partial charge in [-0.1, -0.05) is 6.07 Å². The second kappa shape index (κ2) is 9.17. The molecule has 12 heteroatoms. The van der Waals surface area contributed by atoms with Gasteiger partial charge in [-0.25, -0.2) is 13.1 Å². The largest absolute Gasteiger partial charge is 0.402 e. The minimum atomic E-state index is -4.67. The van der Waals surface area contributed by atoms with Gasteiger partial charge in [-0.15, -0.1) is 11.3 Å². The maximum Gasteiger partial charge on any atom is 0.402 e. The Morgan fingerprint density at radius 1 is 1.07 bits per heavy atom. The van der Waals surface area contributed by atoms with Gasteiger partial charge in [-0.3, -0.25) is 9.59 Å². The van der Waals surface area contributed by atoms with E-state index in [0.717, 1.165) is 12.1 Å². The minimum Gasteiger partial charge on any atom is -0.351 e. The van der Waals surface area contributed by atoms with E-state index >= 15 is 0 Å². The molecule has 2 aromatic rings. The third-order valence-electron chi connectivity index (χ3n) is 3.29. The summed E-state index contributed by atoms with van der Waals surface area (Å²) in [5.41, 5.74) is 0.268. The van der Waals surface area contributed by atoms with Crippen LogP contribution in [0.15, 0.2) is 46.7 Å². The minimum absolute atomic E-state index is 0.00962. The number of halogens is 3. The summed E-state index contributed by atoms with van der Waals surface area (Å²) in [4.78, 5) is 23.7. The number of anilines is 1. The lowest BCUT2D eigenvalue weighted by Crippen LogP contribution is -2.33. The fraction of sp³-hybridized carbons (Fsp3) is 0.250. The van der Waals surface area contributed by atoms with Crippen molar-refractivity contribution in [1.82, 2.24) is 10.0 Å². The summed E-state index contributed by atoms with van der Waals surface area (Å²) in [6, 6.07) is 8.04. The SMILES string of the molecule is O=C(CCNC(=O)c1cccs1)Nc1ccc(S(=O)(=O)NCC(F)(F)F)cc1. The van der Waals surface area contributed by atoms with Crippen molar-refractivity contribution in [3.63, 3.8) is 0 Å². The van der Waals surface area contributed by atoms with Crippen LogP contribution in [-0.2, 0) is 14.8 Å². The molecule has 0 fully saturated rings. The van der Waals surface area contributed by atoms with E-state index in [-0.39, 0.29) is 29.5 Å². The summed E-state index contributed by atoms with van der Waals surface area (Å²) in [6.45, 7) is -1.57. The number of thiophene rings is 1. The van der Waals surface area contributed by atoms with Crippen molar-refractivity contribution in [3.05, 3.63) is 46.7 Å². The highest BCUT2D eigenvalue weighted by atomic mass is 32.2. The molecule has 0 saturated heterocycles. The normalized spacial score (nSPS) is 11.8. The lowest BCUT2D eigenvalue weighted by Gasteiger charge is -2.10. The number of nitrogens with one attached hydrogen (secondary N) is 3. The Morgan fingerprint density at radius 3 is 2.32 bits per heavy atom. The van der Waals surface area contributed by atoms with Gasteiger partial charge < -0.3 is 10.6 Å². The van der Waals surface area contributed by atoms with E-state index in [4.69, 9.17) is 0 Å². The molecule has 0 atom stereocenters. The summed E-state index contributed by atoms with van der Waals surface area (Å²) in [7, 11) is -4.31. The van der Waals surface area contributed by atoms with Gasteiger partial charge in [-0.05, 0) is 35.7 Å². The first kappa shape index (κ1) is 21.9. The van der Waals surface area contributed by atoms with E-state index in [0.29, 0.717) is 4.88 Å². The molecule has 2 amide bonds. The maximum absolute atomic E-state index is 12.1. The van der Waals surface area contributed by atoms with Gasteiger partial charge in [0, 0.05) is 18.7 Å². The molecule has 3 N–H and O–H groups in total. The van der Waals surface area contributed by atoms with Crippen LogP contribution < -0.4 is 15.4 Å². The third kappa shape index (κ3) is 6.94. The summed E-state index contributed by atoms with van der Waals surface area (Å²) in [6.07, 6.45) is -4.68. The average Bonchev–Trinajstić information content (AvgIpc) is 3.15. The fourth-order valence-electron chi connectivity index (χ4n) is 1.99. The molecule has 0 radical (unpaired) electrons. The van der Waals surface area contributed by atoms with Gasteiger partial charge in [0.15, 0.2) is 0 Å². The predicted octanol–water partition coefficient (Wildman–Crippen LogP) is 2.35. The molecule has 28 heavy (non-hydrogen) atoms. The number of alkyl halides is 3. The van der Waals surface area contributed by atoms with E-state index in [9.17, 15) is 31.2 Å². The van der Waals surface area contributed by atoms with Crippen LogP contribution in [0.5, 0.6) is 0 Å². The van der Waals surface area contributed by atoms with Crippen LogP contribution in [0.4, 0.5) is 18.9 Å². The molecule has 2 rings (SSSR count). The maximum atomic E-state index is 12.1. The van der Waals surface area contributed by atoms with Crippen LogP contribution in [0, 0.1) is 0 Å². The molecule has 1 aromatic carbocycles. The summed E-state index contributed by atoms with van der Waals surface area (Å²) in [5, 5.41) is 6.84. The average molecular weight is 435 g/mol. The molecule has 0 saturated carbocycles. The molecule has 0 spiro atoms. The second-order valence-electron chi connectivity index (χ2n) is 5.50. The van der Waals surface area contributed by atoms with Gasteiger partial charge in [0.2, 0.25) is 15.9 Å². The van der Waals surface area contributed by atoms with Gasteiger partial charge in [-0.2, -0.15) is 13.2 Å². The second-order valence-corrected chi connectivity index (χ2v) is 8.21. The molecule has 7 nitrogen and oxygen atoms in total. The molecule has 0 unspecified atom stereocenters. The molecule has 0 aliphatic rings. The molecule has 0 aliphatic heterocycles. The summed E-state index contributed by atoms with van der Waals surface area (Å²) in [5.74, 6) is -0.707. The van der Waals surface area contributed by atoms with E-state index in [2.05, 4.69) is 10.6 Å². The smallest absolute Gasteiger partial charge is 0.351 e. The Kier molecular flexibility index (Phi) is 7.16. The first-order chi connectivity index (χ1) is 13.1. The van der Waals surface area contributed by atoms with E-state index in [1.165, 1.54) is 28.2 Å². The van der Waals surface area contributed by atoms with Crippen LogP contribution >= 0.6 is 11.3 Å². The zero-order valence-electron chi connectivity index (χ0n) is 14.2. The Morgan fingerprint density at radius 2 is 1.75 bits per heavy atom. The van der Waals surface area contributed by atoms with Crippen molar-refractivity contribution in [2.24, 2.45) is 0 Å². The van der Waals surface area contributed by atoms with Crippen LogP contribution in [0.3, 0.4) is 0 Å². The van der Waals surface area contributed by atoms with Gasteiger partial charge in [0.25, 0.3) is 5.91 Å². The number of carbonyl (C=O) groups excluding carboxylic acids is 2. The highest BCUT2D eigenvalue weighted by Gasteiger charge is 2.30. The Balaban J connectivity index is 1.83. The van der Waals surface area contributed by atoms with Crippen LogP contribution in [0.25, 0.3) is 0 Å². The van der Waals surface area contributed by atoms with Crippen molar-refractivity contribution >= 4 is 38.9 Å². The number of sulfonamides is 1. The Bertz CT molecular complexity index is 912. The lowest BCUT2D eigenvalue weighted by atomic mass is 10.3. The highest BCUT2D eigenvalue weighted by molar-refractivity contribution is 7.89. The van der Waals surface area contributed by atoms with Crippen molar-refractivity contribution in [3.8, 4) is 0 Å². The van der Waals surface area contributed by atoms with E-state index in [1.54, 1.807) is 17.5 Å². The molecular weight excluding hydrogens is 419 g/mol. The zero-order valence-corrected chi connectivity index (χ0v) is 15.9. The first-order valence-corrected chi connectivity index (χ1v) is 10.2. The quantitative estimate of drug-likeness (QED) is 0.592. The zero-order chi connectivity index (χ0) is 20.8. The van der Waals surface area contributed by atoms with Crippen molar-refractivity contribution in [2.45, 2.75) is 17.5 Å². The molecular formula is C16H16F3N3O4S2. The molecule has 0 aliphatic carbocycles. The number of benzene rings is 1. The topological polar surface area (TPSA) is 104 Å².